The second-order valence-electron chi connectivity index (χ2n) is 3.90. The number of anilines is 1. The number of rotatable bonds is 2. The first-order valence-corrected chi connectivity index (χ1v) is 8.07. The molecule has 0 spiro atoms. The van der Waals surface area contributed by atoms with Crippen LogP contribution in [0.5, 0.6) is 0 Å². The minimum Gasteiger partial charge on any atom is -0.312 e. The van der Waals surface area contributed by atoms with Gasteiger partial charge in [-0.3, -0.25) is 0 Å². The highest BCUT2D eigenvalue weighted by Crippen LogP contribution is 2.39. The summed E-state index contributed by atoms with van der Waals surface area (Å²) in [6, 6.07) is 6.07. The lowest BCUT2D eigenvalue weighted by atomic mass is 10.2. The van der Waals surface area contributed by atoms with Crippen molar-refractivity contribution in [3.63, 3.8) is 0 Å². The summed E-state index contributed by atoms with van der Waals surface area (Å²) in [6.45, 7) is 5.43. The number of benzene rings is 1. The maximum Gasteiger partial charge on any atom is 0.189 e. The van der Waals surface area contributed by atoms with Crippen molar-refractivity contribution in [3.05, 3.63) is 23.8 Å². The lowest BCUT2D eigenvalue weighted by Crippen LogP contribution is -1.91. The SMILES string of the molecule is Cc1cccc2sc(NP(C)(C)=O)nc12. The van der Waals surface area contributed by atoms with Gasteiger partial charge in [0, 0.05) is 13.3 Å². The first-order valence-electron chi connectivity index (χ1n) is 4.65. The third kappa shape index (κ3) is 2.39. The topological polar surface area (TPSA) is 42.0 Å². The Morgan fingerprint density at radius 3 is 2.73 bits per heavy atom. The normalized spacial score (nSPS) is 11.9. The maximum atomic E-state index is 11.6. The zero-order valence-corrected chi connectivity index (χ0v) is 10.7. The highest BCUT2D eigenvalue weighted by molar-refractivity contribution is 7.64. The van der Waals surface area contributed by atoms with Gasteiger partial charge in [-0.1, -0.05) is 23.5 Å². The molecular weight excluding hydrogens is 227 g/mol. The molecule has 2 rings (SSSR count). The summed E-state index contributed by atoms with van der Waals surface area (Å²) in [5.41, 5.74) is 2.15. The number of nitrogens with zero attached hydrogens (tertiary/aromatic N) is 1. The molecule has 5 heteroatoms. The van der Waals surface area contributed by atoms with Gasteiger partial charge in [-0.25, -0.2) is 4.98 Å². The van der Waals surface area contributed by atoms with Crippen molar-refractivity contribution >= 4 is 34.0 Å². The molecule has 0 saturated heterocycles. The molecule has 0 amide bonds. The molecule has 0 aliphatic carbocycles. The summed E-state index contributed by atoms with van der Waals surface area (Å²) in [4.78, 5) is 4.43. The van der Waals surface area contributed by atoms with E-state index in [9.17, 15) is 4.57 Å². The highest BCUT2D eigenvalue weighted by Gasteiger charge is 2.11. The van der Waals surface area contributed by atoms with E-state index in [0.29, 0.717) is 0 Å². The predicted octanol–water partition coefficient (Wildman–Crippen LogP) is 3.55. The Morgan fingerprint density at radius 2 is 2.13 bits per heavy atom. The molecule has 0 aliphatic heterocycles. The smallest absolute Gasteiger partial charge is 0.189 e. The number of fused-ring (bicyclic) bond motifs is 1. The third-order valence-electron chi connectivity index (χ3n) is 1.99. The van der Waals surface area contributed by atoms with Gasteiger partial charge in [-0.05, 0) is 18.6 Å². The molecule has 80 valence electrons. The largest absolute Gasteiger partial charge is 0.312 e. The lowest BCUT2D eigenvalue weighted by molar-refractivity contribution is 0.585. The van der Waals surface area contributed by atoms with E-state index < -0.39 is 7.29 Å². The maximum absolute atomic E-state index is 11.6. The number of hydrogen-bond acceptors (Lipinski definition) is 3. The van der Waals surface area contributed by atoms with Gasteiger partial charge in [0.1, 0.15) is 0 Å². The first kappa shape index (κ1) is 10.7. The van der Waals surface area contributed by atoms with E-state index in [1.165, 1.54) is 0 Å². The molecule has 15 heavy (non-hydrogen) atoms. The van der Waals surface area contributed by atoms with E-state index >= 15 is 0 Å². The van der Waals surface area contributed by atoms with Gasteiger partial charge in [-0.15, -0.1) is 0 Å². The van der Waals surface area contributed by atoms with Crippen LogP contribution in [-0.2, 0) is 4.57 Å². The molecular formula is C10H13N2OPS. The van der Waals surface area contributed by atoms with E-state index in [1.54, 1.807) is 24.7 Å². The van der Waals surface area contributed by atoms with Crippen molar-refractivity contribution in [1.82, 2.24) is 4.98 Å². The van der Waals surface area contributed by atoms with Gasteiger partial charge in [0.05, 0.1) is 10.2 Å². The predicted molar refractivity (Wildman–Crippen MR) is 67.4 cm³/mol. The second-order valence-corrected chi connectivity index (χ2v) is 7.86. The zero-order valence-electron chi connectivity index (χ0n) is 8.94. The number of aryl methyl sites for hydroxylation is 1. The van der Waals surface area contributed by atoms with Crippen LogP contribution in [0.15, 0.2) is 18.2 Å². The van der Waals surface area contributed by atoms with E-state index in [-0.39, 0.29) is 0 Å². The van der Waals surface area contributed by atoms with Gasteiger partial charge in [0.15, 0.2) is 12.4 Å². The lowest BCUT2D eigenvalue weighted by Gasteiger charge is -2.05. The fraction of sp³-hybridized carbons (Fsp3) is 0.300. The molecule has 1 aromatic heterocycles. The molecule has 0 bridgehead atoms. The van der Waals surface area contributed by atoms with Crippen LogP contribution in [-0.4, -0.2) is 18.3 Å². The van der Waals surface area contributed by atoms with Crippen LogP contribution in [0.1, 0.15) is 5.56 Å². The fourth-order valence-electron chi connectivity index (χ4n) is 1.36. The minimum atomic E-state index is -2.26. The standard InChI is InChI=1S/C10H13N2OPS/c1-7-5-4-6-8-9(7)11-10(15-8)12-14(2,3)13/h4-6H,1-3H3,(H,11,12,13). The molecule has 0 atom stereocenters. The number of hydrogen-bond donors (Lipinski definition) is 1. The quantitative estimate of drug-likeness (QED) is 0.816. The summed E-state index contributed by atoms with van der Waals surface area (Å²) in [5, 5.41) is 3.70. The van der Waals surface area contributed by atoms with E-state index in [0.717, 1.165) is 20.9 Å². The van der Waals surface area contributed by atoms with Crippen LogP contribution in [0.2, 0.25) is 0 Å². The van der Waals surface area contributed by atoms with Crippen LogP contribution in [0.25, 0.3) is 10.2 Å². The molecule has 0 fully saturated rings. The number of para-hydroxylation sites is 1. The Morgan fingerprint density at radius 1 is 1.40 bits per heavy atom. The summed E-state index contributed by atoms with van der Waals surface area (Å²) >= 11 is 1.54. The summed E-state index contributed by atoms with van der Waals surface area (Å²) in [5.74, 6) is 0. The average Bonchev–Trinajstić information content (AvgIpc) is 2.45. The van der Waals surface area contributed by atoms with Crippen molar-refractivity contribution < 1.29 is 4.57 Å². The molecule has 1 aromatic carbocycles. The Balaban J connectivity index is 2.48. The number of nitrogens with one attached hydrogen (secondary N) is 1. The fourth-order valence-corrected chi connectivity index (χ4v) is 3.51. The van der Waals surface area contributed by atoms with Crippen molar-refractivity contribution in [2.24, 2.45) is 0 Å². The van der Waals surface area contributed by atoms with E-state index in [4.69, 9.17) is 0 Å². The van der Waals surface area contributed by atoms with Crippen LogP contribution >= 0.6 is 18.6 Å². The third-order valence-corrected chi connectivity index (χ3v) is 3.82. The number of thiazole rings is 1. The summed E-state index contributed by atoms with van der Waals surface area (Å²) < 4.78 is 12.7. The Labute approximate surface area is 93.0 Å². The van der Waals surface area contributed by atoms with Gasteiger partial charge in [0.25, 0.3) is 0 Å². The Hall–Kier alpha value is -0.860. The van der Waals surface area contributed by atoms with Crippen LogP contribution in [0, 0.1) is 6.92 Å². The molecule has 2 aromatic rings. The molecule has 0 unspecified atom stereocenters. The van der Waals surface area contributed by atoms with Crippen molar-refractivity contribution in [2.45, 2.75) is 6.92 Å². The van der Waals surface area contributed by atoms with Crippen molar-refractivity contribution in [2.75, 3.05) is 18.4 Å². The average molecular weight is 240 g/mol. The summed E-state index contributed by atoms with van der Waals surface area (Å²) in [6.07, 6.45) is 0. The van der Waals surface area contributed by atoms with E-state index in [1.807, 2.05) is 25.1 Å². The van der Waals surface area contributed by atoms with Crippen LogP contribution in [0.4, 0.5) is 5.13 Å². The summed E-state index contributed by atoms with van der Waals surface area (Å²) in [7, 11) is -2.26. The van der Waals surface area contributed by atoms with Crippen LogP contribution in [0.3, 0.4) is 0 Å². The molecule has 1 heterocycles. The van der Waals surface area contributed by atoms with Crippen molar-refractivity contribution in [1.29, 1.82) is 0 Å². The molecule has 1 N–H and O–H groups in total. The van der Waals surface area contributed by atoms with Crippen molar-refractivity contribution in [3.8, 4) is 0 Å². The minimum absolute atomic E-state index is 0.743. The Bertz CT molecular complexity index is 543. The monoisotopic (exact) mass is 240 g/mol. The Kier molecular flexibility index (Phi) is 2.57. The highest BCUT2D eigenvalue weighted by atomic mass is 32.1. The van der Waals surface area contributed by atoms with E-state index in [2.05, 4.69) is 10.1 Å². The molecule has 3 nitrogen and oxygen atoms in total. The second kappa shape index (κ2) is 3.62. The van der Waals surface area contributed by atoms with Crippen LogP contribution < -0.4 is 5.09 Å². The first-order chi connectivity index (χ1) is 6.96. The number of aromatic nitrogens is 1. The van der Waals surface area contributed by atoms with Gasteiger partial charge in [0.2, 0.25) is 0 Å². The zero-order chi connectivity index (χ0) is 11.1. The molecule has 0 radical (unpaired) electrons. The van der Waals surface area contributed by atoms with Gasteiger partial charge >= 0.3 is 0 Å². The van der Waals surface area contributed by atoms with Gasteiger partial charge < -0.3 is 9.65 Å². The van der Waals surface area contributed by atoms with Gasteiger partial charge in [-0.2, -0.15) is 0 Å². The molecule has 0 aliphatic rings. The molecule has 0 saturated carbocycles.